The maximum atomic E-state index is 12.4. The van der Waals surface area contributed by atoms with Crippen LogP contribution in [-0.2, 0) is 4.79 Å². The number of hydrogen-bond donors (Lipinski definition) is 1. The number of furan rings is 1. The summed E-state index contributed by atoms with van der Waals surface area (Å²) in [4.78, 5) is 25.6. The fraction of sp³-hybridized carbons (Fsp3) is 0.571. The molecular formula is C14H18N2O3. The Labute approximate surface area is 111 Å². The SMILES string of the molecule is Cc1occc1C(=O)N1CCC2NC(=O)CCC2C1. The summed E-state index contributed by atoms with van der Waals surface area (Å²) >= 11 is 0. The van der Waals surface area contributed by atoms with E-state index >= 15 is 0 Å². The van der Waals surface area contributed by atoms with Gasteiger partial charge in [-0.15, -0.1) is 0 Å². The zero-order chi connectivity index (χ0) is 13.4. The summed E-state index contributed by atoms with van der Waals surface area (Å²) < 4.78 is 5.19. The number of amides is 2. The van der Waals surface area contributed by atoms with Crippen LogP contribution in [0.1, 0.15) is 35.4 Å². The third kappa shape index (κ3) is 2.25. The fourth-order valence-electron chi connectivity index (χ4n) is 3.07. The maximum absolute atomic E-state index is 12.4. The average Bonchev–Trinajstić information content (AvgIpc) is 2.83. The number of nitrogens with one attached hydrogen (secondary N) is 1. The topological polar surface area (TPSA) is 62.6 Å². The number of fused-ring (bicyclic) bond motifs is 1. The van der Waals surface area contributed by atoms with Gasteiger partial charge in [0.1, 0.15) is 5.76 Å². The van der Waals surface area contributed by atoms with E-state index in [1.54, 1.807) is 19.3 Å². The van der Waals surface area contributed by atoms with Crippen molar-refractivity contribution in [3.8, 4) is 0 Å². The summed E-state index contributed by atoms with van der Waals surface area (Å²) in [6.45, 7) is 3.24. The third-order valence-electron chi connectivity index (χ3n) is 4.20. The number of carbonyl (C=O) groups excluding carboxylic acids is 2. The van der Waals surface area contributed by atoms with E-state index in [0.29, 0.717) is 30.2 Å². The van der Waals surface area contributed by atoms with Crippen LogP contribution in [0.15, 0.2) is 16.7 Å². The van der Waals surface area contributed by atoms with Gasteiger partial charge in [0.15, 0.2) is 0 Å². The van der Waals surface area contributed by atoms with Crippen molar-refractivity contribution in [1.29, 1.82) is 0 Å². The lowest BCUT2D eigenvalue weighted by molar-refractivity contribution is -0.125. The van der Waals surface area contributed by atoms with Crippen LogP contribution in [0.25, 0.3) is 0 Å². The second-order valence-electron chi connectivity index (χ2n) is 5.40. The van der Waals surface area contributed by atoms with Gasteiger partial charge in [-0.05, 0) is 31.7 Å². The van der Waals surface area contributed by atoms with Crippen LogP contribution >= 0.6 is 0 Å². The molecule has 19 heavy (non-hydrogen) atoms. The molecular weight excluding hydrogens is 244 g/mol. The van der Waals surface area contributed by atoms with E-state index in [1.807, 2.05) is 4.90 Å². The van der Waals surface area contributed by atoms with Gasteiger partial charge in [-0.2, -0.15) is 0 Å². The molecule has 1 aromatic heterocycles. The van der Waals surface area contributed by atoms with Gasteiger partial charge in [0.2, 0.25) is 5.91 Å². The zero-order valence-electron chi connectivity index (χ0n) is 11.0. The van der Waals surface area contributed by atoms with Crippen molar-refractivity contribution < 1.29 is 14.0 Å². The lowest BCUT2D eigenvalue weighted by atomic mass is 9.85. The summed E-state index contributed by atoms with van der Waals surface area (Å²) in [5.74, 6) is 1.25. The molecule has 1 N–H and O–H groups in total. The van der Waals surface area contributed by atoms with E-state index in [2.05, 4.69) is 5.32 Å². The second kappa shape index (κ2) is 4.72. The van der Waals surface area contributed by atoms with Crippen molar-refractivity contribution in [3.63, 3.8) is 0 Å². The van der Waals surface area contributed by atoms with E-state index in [4.69, 9.17) is 4.42 Å². The van der Waals surface area contributed by atoms with Crippen LogP contribution in [0, 0.1) is 12.8 Å². The number of aryl methyl sites for hydroxylation is 1. The molecule has 2 atom stereocenters. The number of hydrogen-bond acceptors (Lipinski definition) is 3. The molecule has 2 aliphatic rings. The molecule has 2 unspecified atom stereocenters. The van der Waals surface area contributed by atoms with Gasteiger partial charge in [0, 0.05) is 25.6 Å². The van der Waals surface area contributed by atoms with Gasteiger partial charge in [0.05, 0.1) is 11.8 Å². The molecule has 3 heterocycles. The minimum atomic E-state index is 0.0431. The Kier molecular flexibility index (Phi) is 3.05. The molecule has 102 valence electrons. The molecule has 0 aromatic carbocycles. The Morgan fingerprint density at radius 1 is 1.47 bits per heavy atom. The largest absolute Gasteiger partial charge is 0.469 e. The first-order valence-electron chi connectivity index (χ1n) is 6.78. The zero-order valence-corrected chi connectivity index (χ0v) is 11.0. The highest BCUT2D eigenvalue weighted by Gasteiger charge is 2.35. The normalized spacial score (nSPS) is 26.8. The highest BCUT2D eigenvalue weighted by atomic mass is 16.3. The summed E-state index contributed by atoms with van der Waals surface area (Å²) in [6.07, 6.45) is 3.85. The fourth-order valence-corrected chi connectivity index (χ4v) is 3.07. The van der Waals surface area contributed by atoms with E-state index in [-0.39, 0.29) is 17.9 Å². The van der Waals surface area contributed by atoms with Crippen LogP contribution in [0.2, 0.25) is 0 Å². The number of carbonyl (C=O) groups is 2. The quantitative estimate of drug-likeness (QED) is 0.830. The molecule has 2 saturated heterocycles. The summed E-state index contributed by atoms with van der Waals surface area (Å²) in [7, 11) is 0. The number of nitrogens with zero attached hydrogens (tertiary/aromatic N) is 1. The molecule has 3 rings (SSSR count). The van der Waals surface area contributed by atoms with E-state index in [0.717, 1.165) is 19.4 Å². The van der Waals surface area contributed by atoms with Gasteiger partial charge in [-0.3, -0.25) is 9.59 Å². The van der Waals surface area contributed by atoms with Crippen molar-refractivity contribution in [2.24, 2.45) is 5.92 Å². The molecule has 2 aliphatic heterocycles. The highest BCUT2D eigenvalue weighted by Crippen LogP contribution is 2.26. The van der Waals surface area contributed by atoms with Crippen LogP contribution in [0.4, 0.5) is 0 Å². The Bertz CT molecular complexity index is 509. The van der Waals surface area contributed by atoms with E-state index in [1.165, 1.54) is 0 Å². The smallest absolute Gasteiger partial charge is 0.257 e. The van der Waals surface area contributed by atoms with Crippen LogP contribution in [0.5, 0.6) is 0 Å². The van der Waals surface area contributed by atoms with Crippen molar-refractivity contribution in [3.05, 3.63) is 23.7 Å². The molecule has 0 spiro atoms. The van der Waals surface area contributed by atoms with Crippen molar-refractivity contribution in [1.82, 2.24) is 10.2 Å². The minimum Gasteiger partial charge on any atom is -0.469 e. The van der Waals surface area contributed by atoms with Gasteiger partial charge in [-0.25, -0.2) is 0 Å². The predicted molar refractivity (Wildman–Crippen MR) is 68.6 cm³/mol. The molecule has 0 radical (unpaired) electrons. The Morgan fingerprint density at radius 3 is 3.05 bits per heavy atom. The standard InChI is InChI=1S/C14H18N2O3/c1-9-11(5-7-19-9)14(18)16-6-4-12-10(8-16)2-3-13(17)15-12/h5,7,10,12H,2-4,6,8H2,1H3,(H,15,17). The molecule has 1 aromatic rings. The molecule has 5 heteroatoms. The van der Waals surface area contributed by atoms with Crippen molar-refractivity contribution in [2.75, 3.05) is 13.1 Å². The van der Waals surface area contributed by atoms with Crippen LogP contribution < -0.4 is 5.32 Å². The predicted octanol–water partition coefficient (Wildman–Crippen LogP) is 1.33. The van der Waals surface area contributed by atoms with Crippen LogP contribution in [-0.4, -0.2) is 35.8 Å². The van der Waals surface area contributed by atoms with Crippen molar-refractivity contribution in [2.45, 2.75) is 32.2 Å². The minimum absolute atomic E-state index is 0.0431. The van der Waals surface area contributed by atoms with Crippen molar-refractivity contribution >= 4 is 11.8 Å². The van der Waals surface area contributed by atoms with E-state index < -0.39 is 0 Å². The molecule has 2 fully saturated rings. The first kappa shape index (κ1) is 12.3. The average molecular weight is 262 g/mol. The van der Waals surface area contributed by atoms with Gasteiger partial charge >= 0.3 is 0 Å². The number of likely N-dealkylation sites (tertiary alicyclic amines) is 1. The second-order valence-corrected chi connectivity index (χ2v) is 5.40. The van der Waals surface area contributed by atoms with Gasteiger partial charge in [-0.1, -0.05) is 0 Å². The highest BCUT2D eigenvalue weighted by molar-refractivity contribution is 5.95. The van der Waals surface area contributed by atoms with Gasteiger partial charge < -0.3 is 14.6 Å². The maximum Gasteiger partial charge on any atom is 0.257 e. The summed E-state index contributed by atoms with van der Waals surface area (Å²) in [6, 6.07) is 1.97. The molecule has 0 aliphatic carbocycles. The lowest BCUT2D eigenvalue weighted by Gasteiger charge is -2.41. The Hall–Kier alpha value is -1.78. The molecule has 0 bridgehead atoms. The van der Waals surface area contributed by atoms with E-state index in [9.17, 15) is 9.59 Å². The molecule has 5 nitrogen and oxygen atoms in total. The number of rotatable bonds is 1. The Morgan fingerprint density at radius 2 is 2.32 bits per heavy atom. The van der Waals surface area contributed by atoms with Gasteiger partial charge in [0.25, 0.3) is 5.91 Å². The number of piperidine rings is 2. The lowest BCUT2D eigenvalue weighted by Crippen LogP contribution is -2.55. The summed E-state index contributed by atoms with van der Waals surface area (Å²) in [5.41, 5.74) is 0.651. The van der Waals surface area contributed by atoms with Crippen LogP contribution in [0.3, 0.4) is 0 Å². The summed E-state index contributed by atoms with van der Waals surface area (Å²) in [5, 5.41) is 3.03. The third-order valence-corrected chi connectivity index (χ3v) is 4.20. The monoisotopic (exact) mass is 262 g/mol. The Balaban J connectivity index is 1.70. The first-order chi connectivity index (χ1) is 9.15. The molecule has 0 saturated carbocycles. The first-order valence-corrected chi connectivity index (χ1v) is 6.78. The molecule has 2 amide bonds.